The van der Waals surface area contributed by atoms with Gasteiger partial charge < -0.3 is 4.74 Å². The summed E-state index contributed by atoms with van der Waals surface area (Å²) >= 11 is 2.33. The number of para-hydroxylation sites is 1. The van der Waals surface area contributed by atoms with E-state index in [9.17, 15) is 8.42 Å². The number of halogens is 1. The Kier molecular flexibility index (Phi) is 11.9. The number of ether oxygens (including phenoxy) is 1. The lowest BCUT2D eigenvalue weighted by Crippen LogP contribution is -1.98. The summed E-state index contributed by atoms with van der Waals surface area (Å²) < 4.78 is 36.8. The van der Waals surface area contributed by atoms with Crippen LogP contribution in [0, 0.1) is 10.5 Å². The number of aryl methyl sites for hydroxylation is 1. The number of unbranched alkanes of at least 4 members (excludes halogenated alkanes) is 5. The van der Waals surface area contributed by atoms with Gasteiger partial charge in [-0.15, -0.1) is 0 Å². The van der Waals surface area contributed by atoms with E-state index in [0.29, 0.717) is 0 Å². The molecule has 3 aromatic rings. The van der Waals surface area contributed by atoms with Crippen molar-refractivity contribution >= 4 is 32.7 Å². The zero-order chi connectivity index (χ0) is 24.1. The average Bonchev–Trinajstić information content (AvgIpc) is 2.79. The Morgan fingerprint density at radius 2 is 1.42 bits per heavy atom. The van der Waals surface area contributed by atoms with Crippen LogP contribution in [0.2, 0.25) is 0 Å². The smallest absolute Gasteiger partial charge is 0.294 e. The maximum atomic E-state index is 10.5. The first-order chi connectivity index (χ1) is 15.8. The van der Waals surface area contributed by atoms with Crippen molar-refractivity contribution in [3.05, 3.63) is 81.9 Å². The first kappa shape index (κ1) is 27.3. The molecule has 4 nitrogen and oxygen atoms in total. The monoisotopic (exact) mass is 580 g/mol. The molecule has 0 saturated heterocycles. The average molecular weight is 581 g/mol. The summed E-state index contributed by atoms with van der Waals surface area (Å²) in [6.07, 6.45) is 7.76. The third-order valence-electron chi connectivity index (χ3n) is 5.12. The van der Waals surface area contributed by atoms with Gasteiger partial charge in [0.15, 0.2) is 0 Å². The second-order valence-corrected chi connectivity index (χ2v) is 10.6. The normalized spacial score (nSPS) is 10.9. The molecule has 3 rings (SSSR count). The van der Waals surface area contributed by atoms with E-state index in [-0.39, 0.29) is 4.90 Å². The van der Waals surface area contributed by atoms with Gasteiger partial charge in [0.2, 0.25) is 0 Å². The van der Waals surface area contributed by atoms with Crippen LogP contribution < -0.4 is 4.74 Å². The summed E-state index contributed by atoms with van der Waals surface area (Å²) in [5.41, 5.74) is 3.36. The first-order valence-electron chi connectivity index (χ1n) is 11.3. The Morgan fingerprint density at radius 1 is 0.818 bits per heavy atom. The largest absolute Gasteiger partial charge is 0.493 e. The summed E-state index contributed by atoms with van der Waals surface area (Å²) in [6.45, 7) is 4.91. The van der Waals surface area contributed by atoms with Crippen molar-refractivity contribution in [2.45, 2.75) is 57.3 Å². The second kappa shape index (κ2) is 14.4. The molecule has 0 aliphatic carbocycles. The fourth-order valence-electron chi connectivity index (χ4n) is 3.24. The zero-order valence-electron chi connectivity index (χ0n) is 19.3. The molecule has 0 aliphatic rings. The molecule has 0 bridgehead atoms. The van der Waals surface area contributed by atoms with Crippen molar-refractivity contribution in [2.24, 2.45) is 0 Å². The van der Waals surface area contributed by atoms with Gasteiger partial charge in [0.05, 0.1) is 11.5 Å². The van der Waals surface area contributed by atoms with Gasteiger partial charge in [-0.3, -0.25) is 4.55 Å². The fourth-order valence-corrected chi connectivity index (χ4v) is 4.07. The summed E-state index contributed by atoms with van der Waals surface area (Å²) in [4.78, 5) is -0.0666. The molecule has 0 aromatic heterocycles. The molecule has 178 valence electrons. The molecule has 0 unspecified atom stereocenters. The molecule has 0 atom stereocenters. The number of rotatable bonds is 10. The summed E-state index contributed by atoms with van der Waals surface area (Å²) in [5.74, 6) is 0.997. The van der Waals surface area contributed by atoms with E-state index in [0.717, 1.165) is 24.3 Å². The fraction of sp³-hybridized carbons (Fsp3) is 0.333. The molecule has 0 radical (unpaired) electrons. The minimum atomic E-state index is -4.02. The highest BCUT2D eigenvalue weighted by Crippen LogP contribution is 2.30. The van der Waals surface area contributed by atoms with Crippen LogP contribution >= 0.6 is 22.6 Å². The van der Waals surface area contributed by atoms with Gasteiger partial charge in [-0.25, -0.2) is 0 Å². The van der Waals surface area contributed by atoms with E-state index in [1.54, 1.807) is 12.1 Å². The van der Waals surface area contributed by atoms with Gasteiger partial charge in [-0.2, -0.15) is 8.42 Å². The maximum Gasteiger partial charge on any atom is 0.294 e. The Balaban J connectivity index is 0.000000294. The van der Waals surface area contributed by atoms with Gasteiger partial charge in [0, 0.05) is 9.13 Å². The van der Waals surface area contributed by atoms with Crippen molar-refractivity contribution in [1.29, 1.82) is 0 Å². The highest BCUT2D eigenvalue weighted by Gasteiger charge is 2.07. The summed E-state index contributed by atoms with van der Waals surface area (Å²) in [6, 6.07) is 22.9. The highest BCUT2D eigenvalue weighted by molar-refractivity contribution is 14.1. The molecule has 0 amide bonds. The first-order valence-corrected chi connectivity index (χ1v) is 13.8. The van der Waals surface area contributed by atoms with Crippen molar-refractivity contribution in [1.82, 2.24) is 0 Å². The molecule has 1 N–H and O–H groups in total. The maximum absolute atomic E-state index is 10.5. The predicted molar refractivity (Wildman–Crippen MR) is 144 cm³/mol. The third-order valence-corrected chi connectivity index (χ3v) is 6.70. The van der Waals surface area contributed by atoms with Crippen LogP contribution in [0.4, 0.5) is 0 Å². The molecule has 6 heteroatoms. The zero-order valence-corrected chi connectivity index (χ0v) is 22.3. The summed E-state index contributed by atoms with van der Waals surface area (Å²) in [5, 5.41) is 0. The Hall–Kier alpha value is -1.90. The number of benzene rings is 3. The van der Waals surface area contributed by atoms with Gasteiger partial charge in [0.25, 0.3) is 10.1 Å². The van der Waals surface area contributed by atoms with Gasteiger partial charge in [-0.1, -0.05) is 87.1 Å². The lowest BCUT2D eigenvalue weighted by Gasteiger charge is -2.11. The summed E-state index contributed by atoms with van der Waals surface area (Å²) in [7, 11) is -4.02. The van der Waals surface area contributed by atoms with Gasteiger partial charge in [-0.05, 0) is 71.8 Å². The molecule has 0 heterocycles. The van der Waals surface area contributed by atoms with Crippen LogP contribution in [0.25, 0.3) is 11.1 Å². The number of hydrogen-bond acceptors (Lipinski definition) is 3. The van der Waals surface area contributed by atoms with E-state index in [1.807, 2.05) is 13.0 Å². The number of hydrogen-bond donors (Lipinski definition) is 1. The topological polar surface area (TPSA) is 63.6 Å². The van der Waals surface area contributed by atoms with E-state index in [2.05, 4.69) is 72.0 Å². The standard InChI is InChI=1S/C20H25IO.C7H8O3S/c1-2-3-4-5-6-9-16-22-20-11-8-7-10-19(20)17-12-14-18(21)15-13-17;1-6-2-4-7(5-3-6)11(8,9)10/h7-8,10-15H,2-6,9,16H2,1H3;2-5H,1H3,(H,8,9,10). The Labute approximate surface area is 212 Å². The molecular formula is C27H33IO4S. The van der Waals surface area contributed by atoms with Crippen LogP contribution in [-0.4, -0.2) is 19.6 Å². The van der Waals surface area contributed by atoms with E-state index < -0.39 is 10.1 Å². The molecular weight excluding hydrogens is 547 g/mol. The van der Waals surface area contributed by atoms with Crippen molar-refractivity contribution in [3.8, 4) is 16.9 Å². The van der Waals surface area contributed by atoms with Gasteiger partial charge >= 0.3 is 0 Å². The van der Waals surface area contributed by atoms with Crippen molar-refractivity contribution in [2.75, 3.05) is 6.61 Å². The van der Waals surface area contributed by atoms with Crippen LogP contribution in [0.15, 0.2) is 77.7 Å². The Bertz CT molecular complexity index is 1060. The molecule has 0 fully saturated rings. The third kappa shape index (κ3) is 10.3. The quantitative estimate of drug-likeness (QED) is 0.150. The lowest BCUT2D eigenvalue weighted by atomic mass is 10.0. The Morgan fingerprint density at radius 3 is 2.06 bits per heavy atom. The molecule has 0 spiro atoms. The van der Waals surface area contributed by atoms with Crippen molar-refractivity contribution < 1.29 is 17.7 Å². The lowest BCUT2D eigenvalue weighted by molar-refractivity contribution is 0.305. The van der Waals surface area contributed by atoms with E-state index in [4.69, 9.17) is 9.29 Å². The molecule has 33 heavy (non-hydrogen) atoms. The molecule has 0 aliphatic heterocycles. The minimum absolute atomic E-state index is 0.0666. The van der Waals surface area contributed by atoms with Crippen molar-refractivity contribution in [3.63, 3.8) is 0 Å². The highest BCUT2D eigenvalue weighted by atomic mass is 127. The second-order valence-electron chi connectivity index (χ2n) is 7.91. The SMILES string of the molecule is CCCCCCCCOc1ccccc1-c1ccc(I)cc1.Cc1ccc(S(=O)(=O)O)cc1. The predicted octanol–water partition coefficient (Wildman–Crippen LogP) is 7.94. The minimum Gasteiger partial charge on any atom is -0.493 e. The van der Waals surface area contributed by atoms with E-state index in [1.165, 1.54) is 58.9 Å². The van der Waals surface area contributed by atoms with Crippen LogP contribution in [0.5, 0.6) is 5.75 Å². The van der Waals surface area contributed by atoms with E-state index >= 15 is 0 Å². The molecule has 0 saturated carbocycles. The molecule has 3 aromatic carbocycles. The van der Waals surface area contributed by atoms with Crippen LogP contribution in [-0.2, 0) is 10.1 Å². The van der Waals surface area contributed by atoms with Crippen LogP contribution in [0.3, 0.4) is 0 Å². The van der Waals surface area contributed by atoms with Crippen LogP contribution in [0.1, 0.15) is 51.0 Å². The van der Waals surface area contributed by atoms with Gasteiger partial charge in [0.1, 0.15) is 5.75 Å².